The highest BCUT2D eigenvalue weighted by Gasteiger charge is 1.98. The Kier molecular flexibility index (Phi) is 4.47. The van der Waals surface area contributed by atoms with Crippen LogP contribution in [0.2, 0.25) is 0 Å². The van der Waals surface area contributed by atoms with Crippen LogP contribution in [0.15, 0.2) is 24.3 Å². The summed E-state index contributed by atoms with van der Waals surface area (Å²) in [7, 11) is 2.98. The lowest BCUT2D eigenvalue weighted by atomic mass is 10.1. The summed E-state index contributed by atoms with van der Waals surface area (Å²) in [6.45, 7) is 0.568. The molecule has 82 valence electrons. The van der Waals surface area contributed by atoms with Gasteiger partial charge in [-0.3, -0.25) is 0 Å². The molecule has 0 aromatic heterocycles. The minimum Gasteiger partial charge on any atom is -0.497 e. The van der Waals surface area contributed by atoms with E-state index in [1.165, 1.54) is 7.11 Å². The molecule has 0 bridgehead atoms. The molecule has 0 spiro atoms. The Bertz CT molecular complexity index is 308. The van der Waals surface area contributed by atoms with Crippen LogP contribution < -0.4 is 10.1 Å². The monoisotopic (exact) mass is 209 g/mol. The van der Waals surface area contributed by atoms with Gasteiger partial charge < -0.3 is 14.8 Å². The minimum atomic E-state index is -0.400. The molecule has 0 aliphatic rings. The third-order valence-corrected chi connectivity index (χ3v) is 2.03. The summed E-state index contributed by atoms with van der Waals surface area (Å²) < 4.78 is 9.49. The number of amides is 1. The number of rotatable bonds is 4. The summed E-state index contributed by atoms with van der Waals surface area (Å²) in [5, 5.41) is 2.62. The van der Waals surface area contributed by atoms with Gasteiger partial charge in [-0.25, -0.2) is 4.79 Å². The molecule has 0 atom stereocenters. The number of carbonyl (C=O) groups is 1. The Morgan fingerprint density at radius 1 is 1.27 bits per heavy atom. The number of methoxy groups -OCH3 is 2. The molecule has 15 heavy (non-hydrogen) atoms. The van der Waals surface area contributed by atoms with Gasteiger partial charge >= 0.3 is 6.09 Å². The van der Waals surface area contributed by atoms with Crippen molar-refractivity contribution < 1.29 is 14.3 Å². The maximum atomic E-state index is 10.7. The molecule has 1 amide bonds. The van der Waals surface area contributed by atoms with Gasteiger partial charge in [0, 0.05) is 6.54 Å². The van der Waals surface area contributed by atoms with Gasteiger partial charge in [0.15, 0.2) is 0 Å². The van der Waals surface area contributed by atoms with Crippen molar-refractivity contribution in [2.75, 3.05) is 20.8 Å². The number of hydrogen-bond acceptors (Lipinski definition) is 3. The maximum absolute atomic E-state index is 10.7. The Morgan fingerprint density at radius 3 is 2.47 bits per heavy atom. The van der Waals surface area contributed by atoms with Crippen LogP contribution in [0.5, 0.6) is 5.75 Å². The molecule has 1 aromatic rings. The van der Waals surface area contributed by atoms with Crippen molar-refractivity contribution in [2.45, 2.75) is 6.42 Å². The lowest BCUT2D eigenvalue weighted by Gasteiger charge is -2.04. The van der Waals surface area contributed by atoms with Crippen molar-refractivity contribution in [1.82, 2.24) is 5.32 Å². The quantitative estimate of drug-likeness (QED) is 0.819. The van der Waals surface area contributed by atoms with Crippen LogP contribution in [-0.4, -0.2) is 26.9 Å². The molecule has 0 saturated heterocycles. The molecule has 0 unspecified atom stereocenters. The molecule has 1 rings (SSSR count). The molecule has 0 aliphatic heterocycles. The standard InChI is InChI=1S/C11H15NO3/c1-14-10-5-3-9(4-6-10)7-8-12-11(13)15-2/h3-6H,7-8H2,1-2H3,(H,12,13). The fourth-order valence-electron chi connectivity index (χ4n) is 1.17. The zero-order valence-electron chi connectivity index (χ0n) is 8.95. The fraction of sp³-hybridized carbons (Fsp3) is 0.364. The van der Waals surface area contributed by atoms with E-state index < -0.39 is 6.09 Å². The molecule has 0 heterocycles. The van der Waals surface area contributed by atoms with Crippen molar-refractivity contribution in [3.05, 3.63) is 29.8 Å². The van der Waals surface area contributed by atoms with Gasteiger partial charge in [-0.1, -0.05) is 12.1 Å². The van der Waals surface area contributed by atoms with Crippen LogP contribution in [0, 0.1) is 0 Å². The van der Waals surface area contributed by atoms with Crippen LogP contribution in [0.3, 0.4) is 0 Å². The maximum Gasteiger partial charge on any atom is 0.406 e. The van der Waals surface area contributed by atoms with Crippen molar-refractivity contribution >= 4 is 6.09 Å². The van der Waals surface area contributed by atoms with Gasteiger partial charge in [0.25, 0.3) is 0 Å². The smallest absolute Gasteiger partial charge is 0.406 e. The summed E-state index contributed by atoms with van der Waals surface area (Å²) in [6, 6.07) is 7.73. The Hall–Kier alpha value is -1.71. The first-order chi connectivity index (χ1) is 7.26. The van der Waals surface area contributed by atoms with Gasteiger partial charge in [0.05, 0.1) is 14.2 Å². The Balaban J connectivity index is 2.34. The third-order valence-electron chi connectivity index (χ3n) is 2.03. The van der Waals surface area contributed by atoms with Crippen molar-refractivity contribution in [3.8, 4) is 5.75 Å². The Morgan fingerprint density at radius 2 is 1.93 bits per heavy atom. The topological polar surface area (TPSA) is 47.6 Å². The van der Waals surface area contributed by atoms with E-state index >= 15 is 0 Å². The summed E-state index contributed by atoms with van der Waals surface area (Å²) in [4.78, 5) is 10.7. The van der Waals surface area contributed by atoms with Crippen molar-refractivity contribution in [2.24, 2.45) is 0 Å². The molecule has 1 N–H and O–H groups in total. The van der Waals surface area contributed by atoms with E-state index in [1.54, 1.807) is 7.11 Å². The number of nitrogens with one attached hydrogen (secondary N) is 1. The predicted octanol–water partition coefficient (Wildman–Crippen LogP) is 1.59. The van der Waals surface area contributed by atoms with Gasteiger partial charge in [-0.15, -0.1) is 0 Å². The van der Waals surface area contributed by atoms with E-state index in [1.807, 2.05) is 24.3 Å². The van der Waals surface area contributed by atoms with E-state index in [9.17, 15) is 4.79 Å². The second-order valence-electron chi connectivity index (χ2n) is 3.02. The first-order valence-electron chi connectivity index (χ1n) is 4.71. The van der Waals surface area contributed by atoms with E-state index in [0.29, 0.717) is 6.54 Å². The second kappa shape index (κ2) is 5.90. The molecular formula is C11H15NO3. The largest absolute Gasteiger partial charge is 0.497 e. The second-order valence-corrected chi connectivity index (χ2v) is 3.02. The molecule has 4 heteroatoms. The van der Waals surface area contributed by atoms with Crippen LogP contribution in [-0.2, 0) is 11.2 Å². The predicted molar refractivity (Wildman–Crippen MR) is 57.1 cm³/mol. The van der Waals surface area contributed by atoms with Gasteiger partial charge in [-0.2, -0.15) is 0 Å². The molecule has 0 aliphatic carbocycles. The van der Waals surface area contributed by atoms with Gasteiger partial charge in [-0.05, 0) is 24.1 Å². The van der Waals surface area contributed by atoms with Crippen molar-refractivity contribution in [3.63, 3.8) is 0 Å². The molecule has 0 saturated carbocycles. The average molecular weight is 209 g/mol. The molecule has 1 aromatic carbocycles. The zero-order chi connectivity index (χ0) is 11.1. The molecule has 0 fully saturated rings. The van der Waals surface area contributed by atoms with Gasteiger partial charge in [0.1, 0.15) is 5.75 Å². The van der Waals surface area contributed by atoms with Crippen LogP contribution in [0.1, 0.15) is 5.56 Å². The van der Waals surface area contributed by atoms with E-state index in [-0.39, 0.29) is 0 Å². The molecule has 4 nitrogen and oxygen atoms in total. The number of hydrogen-bond donors (Lipinski definition) is 1. The number of carbonyl (C=O) groups excluding carboxylic acids is 1. The van der Waals surface area contributed by atoms with Crippen LogP contribution in [0.4, 0.5) is 4.79 Å². The highest BCUT2D eigenvalue weighted by Crippen LogP contribution is 2.11. The van der Waals surface area contributed by atoms with Crippen LogP contribution in [0.25, 0.3) is 0 Å². The first kappa shape index (κ1) is 11.4. The lowest BCUT2D eigenvalue weighted by Crippen LogP contribution is -2.25. The lowest BCUT2D eigenvalue weighted by molar-refractivity contribution is 0.171. The summed E-state index contributed by atoms with van der Waals surface area (Å²) >= 11 is 0. The van der Waals surface area contributed by atoms with Crippen LogP contribution >= 0.6 is 0 Å². The summed E-state index contributed by atoms with van der Waals surface area (Å²) in [6.07, 6.45) is 0.377. The highest BCUT2D eigenvalue weighted by atomic mass is 16.5. The SMILES string of the molecule is COC(=O)NCCc1ccc(OC)cc1. The molecular weight excluding hydrogens is 194 g/mol. The number of alkyl carbamates (subject to hydrolysis) is 1. The van der Waals surface area contributed by atoms with Gasteiger partial charge in [0.2, 0.25) is 0 Å². The average Bonchev–Trinajstić information content (AvgIpc) is 2.29. The normalized spacial score (nSPS) is 9.47. The molecule has 0 radical (unpaired) electrons. The fourth-order valence-corrected chi connectivity index (χ4v) is 1.17. The van der Waals surface area contributed by atoms with E-state index in [4.69, 9.17) is 4.74 Å². The third kappa shape index (κ3) is 3.89. The van der Waals surface area contributed by atoms with E-state index in [2.05, 4.69) is 10.1 Å². The highest BCUT2D eigenvalue weighted by molar-refractivity contribution is 5.66. The summed E-state index contributed by atoms with van der Waals surface area (Å²) in [5.74, 6) is 0.833. The summed E-state index contributed by atoms with van der Waals surface area (Å²) in [5.41, 5.74) is 1.15. The minimum absolute atomic E-state index is 0.400. The van der Waals surface area contributed by atoms with Crippen molar-refractivity contribution in [1.29, 1.82) is 0 Å². The number of benzene rings is 1. The number of ether oxygens (including phenoxy) is 2. The van der Waals surface area contributed by atoms with E-state index in [0.717, 1.165) is 17.7 Å². The zero-order valence-corrected chi connectivity index (χ0v) is 8.95. The Labute approximate surface area is 89.2 Å². The first-order valence-corrected chi connectivity index (χ1v) is 4.71.